The van der Waals surface area contributed by atoms with Crippen molar-refractivity contribution in [2.75, 3.05) is 6.61 Å². The number of sulfonamides is 1. The SMILES string of the molecule is CCC(CCO)NS(=O)(=O)C(F)(F)F. The zero-order valence-corrected chi connectivity index (χ0v) is 8.32. The van der Waals surface area contributed by atoms with Crippen LogP contribution in [0.25, 0.3) is 0 Å². The highest BCUT2D eigenvalue weighted by Gasteiger charge is 2.46. The van der Waals surface area contributed by atoms with Gasteiger partial charge in [0.05, 0.1) is 0 Å². The van der Waals surface area contributed by atoms with Crippen molar-refractivity contribution in [1.29, 1.82) is 0 Å². The Bertz CT molecular complexity index is 262. The molecule has 0 saturated heterocycles. The summed E-state index contributed by atoms with van der Waals surface area (Å²) in [5, 5.41) is 8.45. The number of alkyl halides is 3. The van der Waals surface area contributed by atoms with E-state index < -0.39 is 21.6 Å². The van der Waals surface area contributed by atoms with Crippen LogP contribution in [0.2, 0.25) is 0 Å². The summed E-state index contributed by atoms with van der Waals surface area (Å²) in [5.41, 5.74) is -5.30. The molecule has 2 N–H and O–H groups in total. The van der Waals surface area contributed by atoms with Crippen LogP contribution in [0.4, 0.5) is 13.2 Å². The van der Waals surface area contributed by atoms with E-state index in [2.05, 4.69) is 0 Å². The van der Waals surface area contributed by atoms with Crippen molar-refractivity contribution in [3.05, 3.63) is 0 Å². The molecule has 0 rings (SSSR count). The van der Waals surface area contributed by atoms with Crippen LogP contribution in [0.5, 0.6) is 0 Å². The second-order valence-corrected chi connectivity index (χ2v) is 4.39. The summed E-state index contributed by atoms with van der Waals surface area (Å²) in [7, 11) is -5.29. The minimum absolute atomic E-state index is 0.0359. The van der Waals surface area contributed by atoms with Crippen molar-refractivity contribution in [2.24, 2.45) is 0 Å². The Kier molecular flexibility index (Phi) is 4.82. The van der Waals surface area contributed by atoms with Gasteiger partial charge in [0, 0.05) is 12.6 Å². The summed E-state index contributed by atoms with van der Waals surface area (Å²) in [4.78, 5) is 0. The van der Waals surface area contributed by atoms with Gasteiger partial charge in [0.15, 0.2) is 0 Å². The molecule has 0 radical (unpaired) electrons. The number of aliphatic hydroxyl groups is 1. The summed E-state index contributed by atoms with van der Waals surface area (Å²) >= 11 is 0. The van der Waals surface area contributed by atoms with E-state index in [-0.39, 0.29) is 19.4 Å². The zero-order chi connectivity index (χ0) is 11.4. The van der Waals surface area contributed by atoms with Crippen LogP contribution in [-0.2, 0) is 10.0 Å². The van der Waals surface area contributed by atoms with Gasteiger partial charge >= 0.3 is 15.5 Å². The largest absolute Gasteiger partial charge is 0.511 e. The molecule has 8 heteroatoms. The van der Waals surface area contributed by atoms with Crippen LogP contribution in [0, 0.1) is 0 Å². The maximum atomic E-state index is 11.9. The third-order valence-electron chi connectivity index (χ3n) is 1.60. The van der Waals surface area contributed by atoms with Crippen molar-refractivity contribution < 1.29 is 26.7 Å². The van der Waals surface area contributed by atoms with Crippen molar-refractivity contribution in [1.82, 2.24) is 4.72 Å². The van der Waals surface area contributed by atoms with E-state index >= 15 is 0 Å². The molecular formula is C6H12F3NO3S. The molecule has 0 aliphatic carbocycles. The highest BCUT2D eigenvalue weighted by Crippen LogP contribution is 2.22. The maximum absolute atomic E-state index is 11.9. The van der Waals surface area contributed by atoms with Gasteiger partial charge in [-0.25, -0.2) is 13.1 Å². The standard InChI is InChI=1S/C6H12F3NO3S/c1-2-5(3-4-11)10-14(12,13)6(7,8)9/h5,10-11H,2-4H2,1H3. The zero-order valence-electron chi connectivity index (χ0n) is 7.50. The predicted octanol–water partition coefficient (Wildman–Crippen LogP) is 0.587. The maximum Gasteiger partial charge on any atom is 0.511 e. The van der Waals surface area contributed by atoms with Gasteiger partial charge in [0.25, 0.3) is 0 Å². The Labute approximate surface area is 80.2 Å². The molecular weight excluding hydrogens is 223 g/mol. The first-order valence-corrected chi connectivity index (χ1v) is 5.42. The van der Waals surface area contributed by atoms with E-state index in [9.17, 15) is 21.6 Å². The quantitative estimate of drug-likeness (QED) is 0.732. The lowest BCUT2D eigenvalue weighted by Gasteiger charge is -2.16. The number of rotatable bonds is 5. The van der Waals surface area contributed by atoms with Gasteiger partial charge < -0.3 is 5.11 Å². The van der Waals surface area contributed by atoms with Crippen LogP contribution >= 0.6 is 0 Å². The van der Waals surface area contributed by atoms with Crippen LogP contribution in [0.15, 0.2) is 0 Å². The Morgan fingerprint density at radius 3 is 2.21 bits per heavy atom. The molecule has 0 spiro atoms. The van der Waals surface area contributed by atoms with Crippen LogP contribution in [0.1, 0.15) is 19.8 Å². The average molecular weight is 235 g/mol. The smallest absolute Gasteiger partial charge is 0.396 e. The molecule has 0 saturated carbocycles. The first-order chi connectivity index (χ1) is 6.24. The lowest BCUT2D eigenvalue weighted by molar-refractivity contribution is -0.0451. The molecule has 0 aliphatic heterocycles. The Hall–Kier alpha value is -0.340. The van der Waals surface area contributed by atoms with Crippen molar-refractivity contribution in [2.45, 2.75) is 31.3 Å². The number of hydrogen-bond donors (Lipinski definition) is 2. The Morgan fingerprint density at radius 2 is 1.93 bits per heavy atom. The van der Waals surface area contributed by atoms with Crippen molar-refractivity contribution >= 4 is 10.0 Å². The minimum atomic E-state index is -5.30. The molecule has 0 amide bonds. The molecule has 0 aromatic rings. The third-order valence-corrected chi connectivity index (χ3v) is 2.85. The van der Waals surface area contributed by atoms with Crippen LogP contribution in [-0.4, -0.2) is 31.7 Å². The second kappa shape index (κ2) is 4.94. The fourth-order valence-electron chi connectivity index (χ4n) is 0.788. The monoisotopic (exact) mass is 235 g/mol. The number of halogens is 3. The van der Waals surface area contributed by atoms with Gasteiger partial charge in [0.2, 0.25) is 0 Å². The van der Waals surface area contributed by atoms with Gasteiger partial charge in [-0.15, -0.1) is 0 Å². The lowest BCUT2D eigenvalue weighted by Crippen LogP contribution is -2.42. The summed E-state index contributed by atoms with van der Waals surface area (Å²) in [5.74, 6) is 0. The summed E-state index contributed by atoms with van der Waals surface area (Å²) in [6.45, 7) is 1.16. The van der Waals surface area contributed by atoms with E-state index in [1.54, 1.807) is 0 Å². The predicted molar refractivity (Wildman–Crippen MR) is 43.9 cm³/mol. The average Bonchev–Trinajstić information content (AvgIpc) is 2.01. The normalized spacial score (nSPS) is 15.5. The van der Waals surface area contributed by atoms with E-state index in [0.717, 1.165) is 0 Å². The molecule has 14 heavy (non-hydrogen) atoms. The van der Waals surface area contributed by atoms with Gasteiger partial charge in [-0.1, -0.05) is 6.92 Å². The van der Waals surface area contributed by atoms with Crippen molar-refractivity contribution in [3.8, 4) is 0 Å². The van der Waals surface area contributed by atoms with Crippen LogP contribution < -0.4 is 4.72 Å². The van der Waals surface area contributed by atoms with E-state index in [0.29, 0.717) is 0 Å². The fraction of sp³-hybridized carbons (Fsp3) is 1.00. The summed E-state index contributed by atoms with van der Waals surface area (Å²) in [6.07, 6.45) is 0.154. The lowest BCUT2D eigenvalue weighted by atomic mass is 10.2. The number of aliphatic hydroxyl groups excluding tert-OH is 1. The number of nitrogens with one attached hydrogen (secondary N) is 1. The molecule has 86 valence electrons. The molecule has 0 heterocycles. The minimum Gasteiger partial charge on any atom is -0.396 e. The first-order valence-electron chi connectivity index (χ1n) is 3.94. The molecule has 0 aromatic carbocycles. The van der Waals surface area contributed by atoms with Crippen LogP contribution in [0.3, 0.4) is 0 Å². The first kappa shape index (κ1) is 13.7. The van der Waals surface area contributed by atoms with Gasteiger partial charge in [-0.2, -0.15) is 13.2 Å². The second-order valence-electron chi connectivity index (χ2n) is 2.68. The van der Waals surface area contributed by atoms with E-state index in [1.807, 2.05) is 0 Å². The fourth-order valence-corrected chi connectivity index (χ4v) is 1.65. The van der Waals surface area contributed by atoms with Gasteiger partial charge in [-0.3, -0.25) is 0 Å². The number of hydrogen-bond acceptors (Lipinski definition) is 3. The molecule has 0 bridgehead atoms. The van der Waals surface area contributed by atoms with E-state index in [4.69, 9.17) is 5.11 Å². The summed E-state index contributed by atoms with van der Waals surface area (Å²) < 4.78 is 58.2. The highest BCUT2D eigenvalue weighted by molar-refractivity contribution is 7.90. The molecule has 4 nitrogen and oxygen atoms in total. The summed E-state index contributed by atoms with van der Waals surface area (Å²) in [6, 6.07) is -0.883. The molecule has 1 atom stereocenters. The molecule has 0 fully saturated rings. The Balaban J connectivity index is 4.49. The molecule has 0 aliphatic rings. The third kappa shape index (κ3) is 3.81. The highest BCUT2D eigenvalue weighted by atomic mass is 32.2. The van der Waals surface area contributed by atoms with E-state index in [1.165, 1.54) is 11.6 Å². The molecule has 0 aromatic heterocycles. The molecule has 1 unspecified atom stereocenters. The van der Waals surface area contributed by atoms with Gasteiger partial charge in [-0.05, 0) is 12.8 Å². The van der Waals surface area contributed by atoms with Gasteiger partial charge in [0.1, 0.15) is 0 Å². The van der Waals surface area contributed by atoms with Crippen molar-refractivity contribution in [3.63, 3.8) is 0 Å². The topological polar surface area (TPSA) is 66.4 Å². The Morgan fingerprint density at radius 1 is 1.43 bits per heavy atom.